The van der Waals surface area contributed by atoms with Gasteiger partial charge in [-0.25, -0.2) is 0 Å². The van der Waals surface area contributed by atoms with Crippen LogP contribution >= 0.6 is 11.3 Å². The van der Waals surface area contributed by atoms with Crippen molar-refractivity contribution in [3.05, 3.63) is 212 Å². The van der Waals surface area contributed by atoms with Gasteiger partial charge in [0.05, 0.1) is 5.69 Å². The average molecular weight is 770 g/mol. The second-order valence-electron chi connectivity index (χ2n) is 15.2. The molecular weight excluding hydrogens is 735 g/mol. The maximum absolute atomic E-state index is 6.51. The monoisotopic (exact) mass is 769 g/mol. The summed E-state index contributed by atoms with van der Waals surface area (Å²) in [7, 11) is 0. The molecule has 276 valence electrons. The zero-order valence-corrected chi connectivity index (χ0v) is 32.8. The van der Waals surface area contributed by atoms with Crippen molar-refractivity contribution in [1.29, 1.82) is 0 Å². The third-order valence-electron chi connectivity index (χ3n) is 11.9. The lowest BCUT2D eigenvalue weighted by molar-refractivity contribution is 0.670. The van der Waals surface area contributed by atoms with E-state index >= 15 is 0 Å². The van der Waals surface area contributed by atoms with Gasteiger partial charge in [-0.15, -0.1) is 11.3 Å². The van der Waals surface area contributed by atoms with Crippen molar-refractivity contribution in [1.82, 2.24) is 0 Å². The van der Waals surface area contributed by atoms with Crippen LogP contribution in [0.3, 0.4) is 0 Å². The minimum absolute atomic E-state index is 0.906. The quantitative estimate of drug-likeness (QED) is 0.157. The lowest BCUT2D eigenvalue weighted by Gasteiger charge is -2.28. The molecular formula is C56H35NOS. The first-order valence-corrected chi connectivity index (χ1v) is 20.9. The number of rotatable bonds is 6. The van der Waals surface area contributed by atoms with Crippen LogP contribution in [-0.2, 0) is 0 Å². The first kappa shape index (κ1) is 33.7. The summed E-state index contributed by atoms with van der Waals surface area (Å²) in [6, 6.07) is 77.0. The van der Waals surface area contributed by atoms with Gasteiger partial charge in [-0.1, -0.05) is 158 Å². The van der Waals surface area contributed by atoms with Crippen LogP contribution in [0.25, 0.3) is 97.0 Å². The molecule has 2 aromatic heterocycles. The summed E-state index contributed by atoms with van der Waals surface area (Å²) in [6.07, 6.45) is 0. The van der Waals surface area contributed by atoms with Crippen LogP contribution in [0.1, 0.15) is 0 Å². The zero-order valence-electron chi connectivity index (χ0n) is 32.0. The zero-order chi connectivity index (χ0) is 38.9. The number of furan rings is 1. The minimum Gasteiger partial charge on any atom is -0.455 e. The smallest absolute Gasteiger partial charge is 0.143 e. The van der Waals surface area contributed by atoms with E-state index in [1.54, 1.807) is 0 Å². The largest absolute Gasteiger partial charge is 0.455 e. The van der Waals surface area contributed by atoms with E-state index in [4.69, 9.17) is 4.42 Å². The Morgan fingerprint density at radius 3 is 1.73 bits per heavy atom. The molecule has 2 nitrogen and oxygen atoms in total. The van der Waals surface area contributed by atoms with Gasteiger partial charge in [0.1, 0.15) is 11.2 Å². The van der Waals surface area contributed by atoms with Crippen molar-refractivity contribution >= 4 is 92.1 Å². The van der Waals surface area contributed by atoms with Crippen LogP contribution in [-0.4, -0.2) is 0 Å². The lowest BCUT2D eigenvalue weighted by Crippen LogP contribution is -2.10. The molecule has 0 unspecified atom stereocenters. The van der Waals surface area contributed by atoms with Gasteiger partial charge in [0.25, 0.3) is 0 Å². The van der Waals surface area contributed by atoms with Crippen LogP contribution < -0.4 is 4.90 Å². The maximum atomic E-state index is 6.51. The van der Waals surface area contributed by atoms with Crippen molar-refractivity contribution in [2.75, 3.05) is 4.90 Å². The Hall–Kier alpha value is -7.46. The van der Waals surface area contributed by atoms with Gasteiger partial charge in [-0.05, 0) is 98.6 Å². The number of nitrogens with zero attached hydrogens (tertiary/aromatic N) is 1. The minimum atomic E-state index is 0.906. The van der Waals surface area contributed by atoms with Gasteiger partial charge >= 0.3 is 0 Å². The predicted octanol–water partition coefficient (Wildman–Crippen LogP) is 16.7. The third kappa shape index (κ3) is 5.55. The Morgan fingerprint density at radius 1 is 0.339 bits per heavy atom. The van der Waals surface area contributed by atoms with Crippen molar-refractivity contribution in [3.8, 4) is 33.4 Å². The second-order valence-corrected chi connectivity index (χ2v) is 16.3. The molecule has 2 heterocycles. The topological polar surface area (TPSA) is 16.4 Å². The molecule has 10 aromatic carbocycles. The van der Waals surface area contributed by atoms with Gasteiger partial charge in [-0.3, -0.25) is 0 Å². The molecule has 0 aliphatic carbocycles. The first-order chi connectivity index (χ1) is 29.2. The summed E-state index contributed by atoms with van der Waals surface area (Å²) < 4.78 is 9.15. The van der Waals surface area contributed by atoms with Crippen molar-refractivity contribution in [2.24, 2.45) is 0 Å². The lowest BCUT2D eigenvalue weighted by atomic mass is 9.93. The number of para-hydroxylation sites is 2. The molecule has 0 aliphatic rings. The Morgan fingerprint density at radius 2 is 0.915 bits per heavy atom. The highest BCUT2D eigenvalue weighted by molar-refractivity contribution is 7.25. The molecule has 3 heteroatoms. The molecule has 0 radical (unpaired) electrons. The maximum Gasteiger partial charge on any atom is 0.143 e. The fraction of sp³-hybridized carbons (Fsp3) is 0. The summed E-state index contributed by atoms with van der Waals surface area (Å²) in [4.78, 5) is 2.42. The molecule has 0 saturated carbocycles. The number of benzene rings is 10. The van der Waals surface area contributed by atoms with Crippen LogP contribution in [0.15, 0.2) is 217 Å². The number of hydrogen-bond acceptors (Lipinski definition) is 3. The predicted molar refractivity (Wildman–Crippen MR) is 253 cm³/mol. The van der Waals surface area contributed by atoms with Crippen LogP contribution in [0, 0.1) is 0 Å². The highest BCUT2D eigenvalue weighted by atomic mass is 32.1. The Kier molecular flexibility index (Phi) is 7.75. The van der Waals surface area contributed by atoms with Crippen molar-refractivity contribution in [3.63, 3.8) is 0 Å². The van der Waals surface area contributed by atoms with Gasteiger partial charge in [0.2, 0.25) is 0 Å². The highest BCUT2D eigenvalue weighted by Gasteiger charge is 2.20. The van der Waals surface area contributed by atoms with Gasteiger partial charge in [0, 0.05) is 53.3 Å². The van der Waals surface area contributed by atoms with Crippen molar-refractivity contribution in [2.45, 2.75) is 0 Å². The molecule has 0 saturated heterocycles. The number of thiophene rings is 1. The fourth-order valence-electron chi connectivity index (χ4n) is 9.07. The van der Waals surface area contributed by atoms with E-state index in [0.717, 1.165) is 61.3 Å². The average Bonchev–Trinajstić information content (AvgIpc) is 3.88. The first-order valence-electron chi connectivity index (χ1n) is 20.1. The molecule has 0 aliphatic heterocycles. The number of hydrogen-bond donors (Lipinski definition) is 0. The molecule has 59 heavy (non-hydrogen) atoms. The highest BCUT2D eigenvalue weighted by Crippen LogP contribution is 2.45. The van der Waals surface area contributed by atoms with Crippen LogP contribution in [0.4, 0.5) is 17.1 Å². The van der Waals surface area contributed by atoms with E-state index in [9.17, 15) is 0 Å². The molecule has 0 fully saturated rings. The molecule has 12 aromatic rings. The molecule has 0 N–H and O–H groups in total. The standard InChI is InChI=1S/C56H35NOS/c1-2-14-43-39(12-1)35-52(46-17-6-5-15-44(43)46)57(40-29-24-36(25-30-40)38-28-33-55-51(34-38)48-19-8-10-23-54(48)59-55)41-31-26-37(27-32-41)42-13-3-4-16-45(42)49-20-11-21-50-47-18-7-9-22-53(47)58-56(49)50/h1-35H. The van der Waals surface area contributed by atoms with Gasteiger partial charge in [0.15, 0.2) is 0 Å². The number of fused-ring (bicyclic) bond motifs is 9. The van der Waals surface area contributed by atoms with E-state index in [-0.39, 0.29) is 0 Å². The summed E-state index contributed by atoms with van der Waals surface area (Å²) in [6.45, 7) is 0. The van der Waals surface area contributed by atoms with Crippen LogP contribution in [0.5, 0.6) is 0 Å². The molecule has 12 rings (SSSR count). The SMILES string of the molecule is c1ccc(-c2cccc3c2oc2ccccc23)c(-c2ccc(N(c3ccc(-c4ccc5sc6ccccc6c5c4)cc3)c3cc4ccccc4c4ccccc34)cc2)c1. The van der Waals surface area contributed by atoms with E-state index in [0.29, 0.717) is 0 Å². The Balaban J connectivity index is 0.990. The molecule has 0 bridgehead atoms. The van der Waals surface area contributed by atoms with E-state index in [1.165, 1.54) is 52.8 Å². The van der Waals surface area contributed by atoms with Crippen LogP contribution in [0.2, 0.25) is 0 Å². The fourth-order valence-corrected chi connectivity index (χ4v) is 10.2. The van der Waals surface area contributed by atoms with E-state index in [1.807, 2.05) is 23.5 Å². The second kappa shape index (κ2) is 13.6. The summed E-state index contributed by atoms with van der Waals surface area (Å²) in [5.74, 6) is 0. The van der Waals surface area contributed by atoms with E-state index < -0.39 is 0 Å². The molecule has 0 amide bonds. The summed E-state index contributed by atoms with van der Waals surface area (Å²) in [5, 5.41) is 9.81. The van der Waals surface area contributed by atoms with Gasteiger partial charge in [-0.2, -0.15) is 0 Å². The van der Waals surface area contributed by atoms with Crippen molar-refractivity contribution < 1.29 is 4.42 Å². The Bertz CT molecular complexity index is 3560. The Labute approximate surface area is 345 Å². The summed E-state index contributed by atoms with van der Waals surface area (Å²) >= 11 is 1.86. The van der Waals surface area contributed by atoms with E-state index in [2.05, 4.69) is 205 Å². The molecule has 0 atom stereocenters. The molecule has 0 spiro atoms. The summed E-state index contributed by atoms with van der Waals surface area (Å²) in [5.41, 5.74) is 12.1. The third-order valence-corrected chi connectivity index (χ3v) is 13.0. The van der Waals surface area contributed by atoms with Gasteiger partial charge < -0.3 is 9.32 Å². The number of anilines is 3. The normalized spacial score (nSPS) is 11.7.